The average molecular weight is 491 g/mol. The number of aromatic amines is 1. The molecule has 0 bridgehead atoms. The van der Waals surface area contributed by atoms with Gasteiger partial charge >= 0.3 is 0 Å². The van der Waals surface area contributed by atoms with Crippen molar-refractivity contribution in [3.63, 3.8) is 0 Å². The van der Waals surface area contributed by atoms with Gasteiger partial charge in [0.1, 0.15) is 11.6 Å². The number of phenolic OH excluding ortho intramolecular Hbond substituents is 1. The minimum Gasteiger partial charge on any atom is -0.508 e. The summed E-state index contributed by atoms with van der Waals surface area (Å²) in [5.74, 6) is 0.824. The van der Waals surface area contributed by atoms with Crippen LogP contribution in [0.1, 0.15) is 10.4 Å². The number of amides is 1. The van der Waals surface area contributed by atoms with Gasteiger partial charge in [0.25, 0.3) is 5.91 Å². The largest absolute Gasteiger partial charge is 0.508 e. The number of carbonyl (C=O) groups excluding carboxylic acids is 1. The van der Waals surface area contributed by atoms with Gasteiger partial charge in [-0.15, -0.1) is 0 Å². The molecule has 0 aliphatic carbocycles. The van der Waals surface area contributed by atoms with Crippen LogP contribution < -0.4 is 10.2 Å². The highest BCUT2D eigenvalue weighted by atomic mass is 16.5. The zero-order valence-corrected chi connectivity index (χ0v) is 20.1. The van der Waals surface area contributed by atoms with Gasteiger partial charge in [0, 0.05) is 35.6 Å². The predicted octanol–water partition coefficient (Wildman–Crippen LogP) is 5.69. The number of phenols is 1. The number of hydrogen-bond donors (Lipinski definition) is 3. The van der Waals surface area contributed by atoms with Crippen molar-refractivity contribution in [3.05, 3.63) is 96.6 Å². The van der Waals surface area contributed by atoms with Gasteiger partial charge in [-0.25, -0.2) is 4.98 Å². The Morgan fingerprint density at radius 1 is 0.838 bits per heavy atom. The Morgan fingerprint density at radius 2 is 1.51 bits per heavy atom. The van der Waals surface area contributed by atoms with E-state index in [9.17, 15) is 9.90 Å². The van der Waals surface area contributed by atoms with Crippen LogP contribution in [0.5, 0.6) is 5.75 Å². The van der Waals surface area contributed by atoms with E-state index in [1.807, 2.05) is 78.9 Å². The number of aromatic nitrogens is 2. The van der Waals surface area contributed by atoms with Crippen LogP contribution in [0, 0.1) is 0 Å². The zero-order chi connectivity index (χ0) is 25.2. The van der Waals surface area contributed by atoms with Crippen LogP contribution in [-0.2, 0) is 4.74 Å². The monoisotopic (exact) mass is 490 g/mol. The molecule has 1 amide bonds. The van der Waals surface area contributed by atoms with Crippen LogP contribution in [0.4, 0.5) is 11.4 Å². The van der Waals surface area contributed by atoms with Crippen LogP contribution in [0.3, 0.4) is 0 Å². The molecule has 2 heterocycles. The molecule has 7 heteroatoms. The maximum Gasteiger partial charge on any atom is 0.255 e. The molecule has 0 spiro atoms. The lowest BCUT2D eigenvalue weighted by molar-refractivity contribution is 0.102. The number of morpholine rings is 1. The molecule has 1 aromatic heterocycles. The highest BCUT2D eigenvalue weighted by Gasteiger charge is 2.13. The van der Waals surface area contributed by atoms with E-state index < -0.39 is 0 Å². The topological polar surface area (TPSA) is 90.5 Å². The van der Waals surface area contributed by atoms with Gasteiger partial charge in [0.2, 0.25) is 0 Å². The highest BCUT2D eigenvalue weighted by molar-refractivity contribution is 6.04. The number of aromatic hydroxyl groups is 1. The molecule has 0 radical (unpaired) electrons. The maximum absolute atomic E-state index is 12.8. The molecule has 7 nitrogen and oxygen atoms in total. The maximum atomic E-state index is 12.8. The van der Waals surface area contributed by atoms with Crippen molar-refractivity contribution in [2.75, 3.05) is 36.5 Å². The summed E-state index contributed by atoms with van der Waals surface area (Å²) in [6.07, 6.45) is 0. The Bertz CT molecular complexity index is 1540. The second-order valence-electron chi connectivity index (χ2n) is 9.04. The van der Waals surface area contributed by atoms with Gasteiger partial charge in [-0.3, -0.25) is 4.79 Å². The van der Waals surface area contributed by atoms with E-state index in [1.165, 1.54) is 0 Å². The van der Waals surface area contributed by atoms with Gasteiger partial charge in [-0.05, 0) is 71.8 Å². The molecule has 3 N–H and O–H groups in total. The van der Waals surface area contributed by atoms with E-state index in [4.69, 9.17) is 9.72 Å². The molecule has 6 rings (SSSR count). The van der Waals surface area contributed by atoms with E-state index in [0.29, 0.717) is 5.56 Å². The molecule has 0 atom stereocenters. The van der Waals surface area contributed by atoms with E-state index in [1.54, 1.807) is 12.1 Å². The SMILES string of the molecule is O=C(Nc1ccc(N2CCOCC2)cc1)c1ccc(-c2nc3ccc(-c4ccc(O)cc4)cc3[nH]2)cc1. The first-order chi connectivity index (χ1) is 18.1. The third-order valence-corrected chi connectivity index (χ3v) is 6.60. The lowest BCUT2D eigenvalue weighted by Crippen LogP contribution is -2.36. The Morgan fingerprint density at radius 3 is 2.24 bits per heavy atom. The lowest BCUT2D eigenvalue weighted by Gasteiger charge is -2.28. The highest BCUT2D eigenvalue weighted by Crippen LogP contribution is 2.27. The Hall–Kier alpha value is -4.62. The summed E-state index contributed by atoms with van der Waals surface area (Å²) < 4.78 is 5.41. The molecule has 1 saturated heterocycles. The van der Waals surface area contributed by atoms with Crippen molar-refractivity contribution >= 4 is 28.3 Å². The van der Waals surface area contributed by atoms with Crippen molar-refractivity contribution in [1.82, 2.24) is 9.97 Å². The summed E-state index contributed by atoms with van der Waals surface area (Å²) in [5.41, 5.74) is 7.19. The molecule has 37 heavy (non-hydrogen) atoms. The predicted molar refractivity (Wildman–Crippen MR) is 146 cm³/mol. The number of hydrogen-bond acceptors (Lipinski definition) is 5. The minimum atomic E-state index is -0.159. The Labute approximate surface area is 214 Å². The van der Waals surface area contributed by atoms with Crippen LogP contribution >= 0.6 is 0 Å². The van der Waals surface area contributed by atoms with Gasteiger partial charge in [-0.2, -0.15) is 0 Å². The normalized spacial score (nSPS) is 13.6. The van der Waals surface area contributed by atoms with Crippen molar-refractivity contribution in [1.29, 1.82) is 0 Å². The summed E-state index contributed by atoms with van der Waals surface area (Å²) in [5, 5.41) is 12.5. The molecule has 1 fully saturated rings. The van der Waals surface area contributed by atoms with E-state index in [2.05, 4.69) is 15.2 Å². The fourth-order valence-electron chi connectivity index (χ4n) is 4.54. The van der Waals surface area contributed by atoms with Crippen molar-refractivity contribution in [2.24, 2.45) is 0 Å². The van der Waals surface area contributed by atoms with Crippen molar-refractivity contribution < 1.29 is 14.6 Å². The van der Waals surface area contributed by atoms with Gasteiger partial charge in [0.15, 0.2) is 0 Å². The third-order valence-electron chi connectivity index (χ3n) is 6.60. The molecule has 0 unspecified atom stereocenters. The quantitative estimate of drug-likeness (QED) is 0.294. The molecule has 1 aliphatic heterocycles. The summed E-state index contributed by atoms with van der Waals surface area (Å²) >= 11 is 0. The molecular formula is C30H26N4O3. The number of carbonyl (C=O) groups is 1. The van der Waals surface area contributed by atoms with E-state index in [0.717, 1.165) is 71.2 Å². The smallest absolute Gasteiger partial charge is 0.255 e. The Kier molecular flexibility index (Phi) is 6.04. The van der Waals surface area contributed by atoms with Gasteiger partial charge in [-0.1, -0.05) is 30.3 Å². The number of imidazole rings is 1. The van der Waals surface area contributed by atoms with Crippen molar-refractivity contribution in [3.8, 4) is 28.3 Å². The number of rotatable bonds is 5. The fraction of sp³-hybridized carbons (Fsp3) is 0.133. The summed E-state index contributed by atoms with van der Waals surface area (Å²) in [6.45, 7) is 3.23. The molecule has 5 aromatic rings. The summed E-state index contributed by atoms with van der Waals surface area (Å²) in [4.78, 5) is 23.2. The molecule has 1 aliphatic rings. The van der Waals surface area contributed by atoms with Crippen LogP contribution in [0.15, 0.2) is 91.0 Å². The Balaban J connectivity index is 1.15. The second kappa shape index (κ2) is 9.79. The molecular weight excluding hydrogens is 464 g/mol. The second-order valence-corrected chi connectivity index (χ2v) is 9.04. The van der Waals surface area contributed by atoms with Crippen molar-refractivity contribution in [2.45, 2.75) is 0 Å². The molecule has 4 aromatic carbocycles. The first kappa shape index (κ1) is 22.8. The van der Waals surface area contributed by atoms with Crippen LogP contribution in [0.25, 0.3) is 33.5 Å². The van der Waals surface area contributed by atoms with Crippen LogP contribution in [0.2, 0.25) is 0 Å². The lowest BCUT2D eigenvalue weighted by atomic mass is 10.1. The number of H-pyrrole nitrogens is 1. The first-order valence-corrected chi connectivity index (χ1v) is 12.3. The van der Waals surface area contributed by atoms with E-state index in [-0.39, 0.29) is 11.7 Å². The third kappa shape index (κ3) is 4.90. The number of ether oxygens (including phenoxy) is 1. The number of benzene rings is 4. The zero-order valence-electron chi connectivity index (χ0n) is 20.1. The summed E-state index contributed by atoms with van der Waals surface area (Å²) in [7, 11) is 0. The summed E-state index contributed by atoms with van der Waals surface area (Å²) in [6, 6.07) is 28.5. The average Bonchev–Trinajstić information content (AvgIpc) is 3.38. The number of anilines is 2. The van der Waals surface area contributed by atoms with Gasteiger partial charge in [0.05, 0.1) is 24.2 Å². The van der Waals surface area contributed by atoms with Crippen LogP contribution in [-0.4, -0.2) is 47.3 Å². The first-order valence-electron chi connectivity index (χ1n) is 12.3. The molecule has 184 valence electrons. The molecule has 0 saturated carbocycles. The number of nitrogens with one attached hydrogen (secondary N) is 2. The van der Waals surface area contributed by atoms with Gasteiger partial charge < -0.3 is 25.0 Å². The van der Waals surface area contributed by atoms with E-state index >= 15 is 0 Å². The fourth-order valence-corrected chi connectivity index (χ4v) is 4.54. The minimum absolute atomic E-state index is 0.159. The standard InChI is InChI=1S/C30H26N4O3/c35-26-12-5-20(6-13-26)23-7-14-27-28(19-23)33-29(32-27)21-1-3-22(4-2-21)30(36)31-24-8-10-25(11-9-24)34-15-17-37-18-16-34/h1-14,19,35H,15-18H2,(H,31,36)(H,32,33). The number of nitrogens with zero attached hydrogens (tertiary/aromatic N) is 2. The number of fused-ring (bicyclic) bond motifs is 1.